The average molecular weight is 292 g/mol. The van der Waals surface area contributed by atoms with Gasteiger partial charge in [-0.1, -0.05) is 12.1 Å². The number of amides is 4. The molecule has 4 amide bonds. The summed E-state index contributed by atoms with van der Waals surface area (Å²) in [5, 5.41) is 0. The van der Waals surface area contributed by atoms with Crippen LogP contribution in [0.2, 0.25) is 0 Å². The number of benzene rings is 1. The van der Waals surface area contributed by atoms with Crippen molar-refractivity contribution in [3.8, 4) is 0 Å². The highest BCUT2D eigenvalue weighted by Crippen LogP contribution is 2.17. The van der Waals surface area contributed by atoms with Crippen LogP contribution in [0.3, 0.4) is 0 Å². The van der Waals surface area contributed by atoms with E-state index in [9.17, 15) is 23.6 Å². The van der Waals surface area contributed by atoms with Gasteiger partial charge in [-0.25, -0.2) is 14.1 Å². The number of halogens is 1. The third-order valence-electron chi connectivity index (χ3n) is 3.08. The summed E-state index contributed by atoms with van der Waals surface area (Å²) in [6.07, 6.45) is 0. The van der Waals surface area contributed by atoms with Crippen molar-refractivity contribution in [2.24, 2.45) is 0 Å². The van der Waals surface area contributed by atoms with Gasteiger partial charge in [-0.05, 0) is 26.0 Å². The summed E-state index contributed by atoms with van der Waals surface area (Å²) in [5.41, 5.74) is -0.228. The number of ketones is 1. The fraction of sp³-hybridized carbons (Fsp3) is 0.286. The van der Waals surface area contributed by atoms with E-state index in [1.807, 2.05) is 0 Å². The van der Waals surface area contributed by atoms with E-state index >= 15 is 0 Å². The van der Waals surface area contributed by atoms with Gasteiger partial charge in [0.05, 0.1) is 12.1 Å². The van der Waals surface area contributed by atoms with Crippen molar-refractivity contribution in [3.05, 3.63) is 35.6 Å². The molecule has 0 spiro atoms. The number of carbonyl (C=O) groups is 4. The Morgan fingerprint density at radius 1 is 1.14 bits per heavy atom. The van der Waals surface area contributed by atoms with E-state index in [-0.39, 0.29) is 5.56 Å². The Labute approximate surface area is 120 Å². The van der Waals surface area contributed by atoms with E-state index in [0.29, 0.717) is 4.90 Å². The predicted molar refractivity (Wildman–Crippen MR) is 69.8 cm³/mol. The largest absolute Gasteiger partial charge is 0.334 e. The summed E-state index contributed by atoms with van der Waals surface area (Å²) in [7, 11) is 0. The van der Waals surface area contributed by atoms with E-state index in [4.69, 9.17) is 0 Å². The lowest BCUT2D eigenvalue weighted by molar-refractivity contribution is -0.143. The van der Waals surface area contributed by atoms with Crippen LogP contribution >= 0.6 is 0 Å². The number of hydrogen-bond donors (Lipinski definition) is 0. The standard InChI is InChI=1S/C14H13FN2O4/c1-8(2)17-13(20)12(19)16(14(17)21)7-11(18)9-5-3-4-6-10(9)15/h3-6,8H,7H2,1-2H3. The van der Waals surface area contributed by atoms with Crippen LogP contribution in [0.4, 0.5) is 9.18 Å². The molecule has 1 saturated heterocycles. The molecule has 0 radical (unpaired) electrons. The fourth-order valence-corrected chi connectivity index (χ4v) is 2.03. The van der Waals surface area contributed by atoms with Gasteiger partial charge in [0.1, 0.15) is 5.82 Å². The minimum atomic E-state index is -1.07. The van der Waals surface area contributed by atoms with Gasteiger partial charge < -0.3 is 0 Å². The molecule has 21 heavy (non-hydrogen) atoms. The molecule has 0 aromatic heterocycles. The molecule has 6 nitrogen and oxygen atoms in total. The molecule has 2 rings (SSSR count). The molecule has 1 aliphatic rings. The van der Waals surface area contributed by atoms with Gasteiger partial charge in [-0.2, -0.15) is 0 Å². The second-order valence-corrected chi connectivity index (χ2v) is 4.85. The number of imide groups is 2. The smallest absolute Gasteiger partial charge is 0.292 e. The minimum Gasteiger partial charge on any atom is -0.292 e. The van der Waals surface area contributed by atoms with Crippen LogP contribution in [0, 0.1) is 5.82 Å². The lowest BCUT2D eigenvalue weighted by Gasteiger charge is -2.18. The Kier molecular flexibility index (Phi) is 3.84. The second kappa shape index (κ2) is 5.43. The zero-order valence-corrected chi connectivity index (χ0v) is 11.5. The zero-order chi connectivity index (χ0) is 15.7. The third-order valence-corrected chi connectivity index (χ3v) is 3.08. The Morgan fingerprint density at radius 2 is 1.76 bits per heavy atom. The minimum absolute atomic E-state index is 0.228. The first-order valence-corrected chi connectivity index (χ1v) is 6.31. The van der Waals surface area contributed by atoms with E-state index in [1.165, 1.54) is 18.2 Å². The van der Waals surface area contributed by atoms with Crippen molar-refractivity contribution < 1.29 is 23.6 Å². The highest BCUT2D eigenvalue weighted by Gasteiger charge is 2.46. The summed E-state index contributed by atoms with van der Waals surface area (Å²) < 4.78 is 13.5. The maximum atomic E-state index is 13.5. The molecule has 1 heterocycles. The molecular weight excluding hydrogens is 279 g/mol. The lowest BCUT2D eigenvalue weighted by Crippen LogP contribution is -2.39. The Balaban J connectivity index is 2.22. The number of carbonyl (C=O) groups excluding carboxylic acids is 4. The highest BCUT2D eigenvalue weighted by molar-refractivity contribution is 6.45. The second-order valence-electron chi connectivity index (χ2n) is 4.85. The van der Waals surface area contributed by atoms with Crippen LogP contribution in [0.15, 0.2) is 24.3 Å². The molecule has 0 bridgehead atoms. The van der Waals surface area contributed by atoms with Crippen LogP contribution in [-0.2, 0) is 9.59 Å². The van der Waals surface area contributed by atoms with Crippen molar-refractivity contribution in [1.29, 1.82) is 0 Å². The van der Waals surface area contributed by atoms with Crippen LogP contribution in [0.25, 0.3) is 0 Å². The van der Waals surface area contributed by atoms with Crippen LogP contribution in [-0.4, -0.2) is 46.0 Å². The van der Waals surface area contributed by atoms with Crippen molar-refractivity contribution >= 4 is 23.6 Å². The molecular formula is C14H13FN2O4. The molecule has 1 fully saturated rings. The Bertz CT molecular complexity index is 642. The summed E-state index contributed by atoms with van der Waals surface area (Å²) in [6, 6.07) is 3.89. The topological polar surface area (TPSA) is 74.8 Å². The number of rotatable bonds is 4. The van der Waals surface area contributed by atoms with Gasteiger partial charge in [0.25, 0.3) is 0 Å². The highest BCUT2D eigenvalue weighted by atomic mass is 19.1. The van der Waals surface area contributed by atoms with E-state index < -0.39 is 42.0 Å². The predicted octanol–water partition coefficient (Wildman–Crippen LogP) is 1.21. The maximum Gasteiger partial charge on any atom is 0.334 e. The summed E-state index contributed by atoms with van der Waals surface area (Å²) in [6.45, 7) is 2.49. The fourth-order valence-electron chi connectivity index (χ4n) is 2.03. The number of urea groups is 1. The molecule has 7 heteroatoms. The van der Waals surface area contributed by atoms with Crippen molar-refractivity contribution in [3.63, 3.8) is 0 Å². The first kappa shape index (κ1) is 14.8. The molecule has 0 N–H and O–H groups in total. The quantitative estimate of drug-likeness (QED) is 0.475. The molecule has 0 unspecified atom stereocenters. The molecule has 1 aromatic rings. The van der Waals surface area contributed by atoms with Gasteiger partial charge in [-0.15, -0.1) is 0 Å². The monoisotopic (exact) mass is 292 g/mol. The van der Waals surface area contributed by atoms with Gasteiger partial charge >= 0.3 is 17.8 Å². The molecule has 0 saturated carbocycles. The number of nitrogens with zero attached hydrogens (tertiary/aromatic N) is 2. The molecule has 1 aromatic carbocycles. The van der Waals surface area contributed by atoms with Crippen molar-refractivity contribution in [1.82, 2.24) is 9.80 Å². The molecule has 1 aliphatic heterocycles. The van der Waals surface area contributed by atoms with Crippen LogP contribution in [0.5, 0.6) is 0 Å². The number of Topliss-reactive ketones (excluding diaryl/α,β-unsaturated/α-hetero) is 1. The zero-order valence-electron chi connectivity index (χ0n) is 11.5. The molecule has 110 valence electrons. The number of hydrogen-bond acceptors (Lipinski definition) is 4. The maximum absolute atomic E-state index is 13.5. The normalized spacial score (nSPS) is 15.3. The van der Waals surface area contributed by atoms with Gasteiger partial charge in [0, 0.05) is 6.04 Å². The summed E-state index contributed by atoms with van der Waals surface area (Å²) >= 11 is 0. The van der Waals surface area contributed by atoms with Crippen LogP contribution in [0.1, 0.15) is 24.2 Å². The Morgan fingerprint density at radius 3 is 2.29 bits per heavy atom. The third kappa shape index (κ3) is 2.54. The first-order valence-electron chi connectivity index (χ1n) is 6.31. The first-order chi connectivity index (χ1) is 9.84. The molecule has 0 aliphatic carbocycles. The summed E-state index contributed by atoms with van der Waals surface area (Å²) in [4.78, 5) is 48.7. The SMILES string of the molecule is CC(C)N1C(=O)C(=O)N(CC(=O)c2ccccc2F)C1=O. The van der Waals surface area contributed by atoms with Gasteiger partial charge in [0.15, 0.2) is 5.78 Å². The summed E-state index contributed by atoms with van der Waals surface area (Å²) in [5.74, 6) is -3.53. The van der Waals surface area contributed by atoms with Crippen molar-refractivity contribution in [2.45, 2.75) is 19.9 Å². The van der Waals surface area contributed by atoms with E-state index in [2.05, 4.69) is 0 Å². The van der Waals surface area contributed by atoms with E-state index in [1.54, 1.807) is 13.8 Å². The Hall–Kier alpha value is -2.57. The van der Waals surface area contributed by atoms with Gasteiger partial charge in [-0.3, -0.25) is 19.3 Å². The van der Waals surface area contributed by atoms with E-state index in [0.717, 1.165) is 11.0 Å². The molecule has 0 atom stereocenters. The van der Waals surface area contributed by atoms with Gasteiger partial charge in [0.2, 0.25) is 0 Å². The van der Waals surface area contributed by atoms with Crippen molar-refractivity contribution in [2.75, 3.05) is 6.54 Å². The van der Waals surface area contributed by atoms with Crippen LogP contribution < -0.4 is 0 Å². The average Bonchev–Trinajstić information content (AvgIpc) is 2.63. The lowest BCUT2D eigenvalue weighted by atomic mass is 10.1.